The van der Waals surface area contributed by atoms with Gasteiger partial charge in [-0.1, -0.05) is 39.8 Å². The summed E-state index contributed by atoms with van der Waals surface area (Å²) >= 11 is 4.11. The first-order valence-electron chi connectivity index (χ1n) is 10.7. The lowest BCUT2D eigenvalue weighted by atomic mass is 10.0. The largest absolute Gasteiger partial charge is 0.508 e. The minimum absolute atomic E-state index is 0.0114. The van der Waals surface area contributed by atoms with Crippen molar-refractivity contribution in [1.82, 2.24) is 16.0 Å². The van der Waals surface area contributed by atoms with E-state index >= 15 is 0 Å². The van der Waals surface area contributed by atoms with E-state index in [0.29, 0.717) is 5.56 Å². The zero-order valence-corrected chi connectivity index (χ0v) is 20.1. The molecule has 0 fully saturated rings. The first-order chi connectivity index (χ1) is 15.4. The van der Waals surface area contributed by atoms with Crippen molar-refractivity contribution < 1.29 is 29.4 Å². The average molecular weight is 483 g/mol. The van der Waals surface area contributed by atoms with E-state index in [9.17, 15) is 29.4 Å². The van der Waals surface area contributed by atoms with Crippen LogP contribution in [0.1, 0.15) is 33.3 Å². The molecule has 10 nitrogen and oxygen atoms in total. The summed E-state index contributed by atoms with van der Waals surface area (Å²) in [6.07, 6.45) is -0.0114. The third-order valence-electron chi connectivity index (χ3n) is 5.07. The van der Waals surface area contributed by atoms with Gasteiger partial charge in [-0.05, 0) is 29.5 Å². The number of rotatable bonds is 12. The lowest BCUT2D eigenvalue weighted by Gasteiger charge is -2.27. The van der Waals surface area contributed by atoms with Crippen molar-refractivity contribution in [2.24, 2.45) is 17.6 Å². The van der Waals surface area contributed by atoms with Crippen molar-refractivity contribution in [3.63, 3.8) is 0 Å². The molecule has 33 heavy (non-hydrogen) atoms. The molecule has 0 saturated heterocycles. The van der Waals surface area contributed by atoms with Gasteiger partial charge >= 0.3 is 5.97 Å². The molecule has 0 radical (unpaired) electrons. The second-order valence-electron chi connectivity index (χ2n) is 8.51. The Kier molecular flexibility index (Phi) is 11.2. The molecule has 0 aromatic heterocycles. The maximum atomic E-state index is 12.9. The number of hydrogen-bond donors (Lipinski definition) is 7. The zero-order chi connectivity index (χ0) is 25.3. The second kappa shape index (κ2) is 13.0. The Balaban J connectivity index is 2.88. The predicted molar refractivity (Wildman–Crippen MR) is 127 cm³/mol. The Morgan fingerprint density at radius 3 is 1.88 bits per heavy atom. The van der Waals surface area contributed by atoms with Crippen molar-refractivity contribution in [2.45, 2.75) is 58.3 Å². The molecule has 11 heteroatoms. The number of hydrogen-bond acceptors (Lipinski definition) is 7. The number of aliphatic carboxylic acids is 1. The first-order valence-corrected chi connectivity index (χ1v) is 11.3. The van der Waals surface area contributed by atoms with Crippen LogP contribution in [-0.2, 0) is 25.6 Å². The van der Waals surface area contributed by atoms with Crippen molar-refractivity contribution in [3.05, 3.63) is 29.8 Å². The van der Waals surface area contributed by atoms with Crippen molar-refractivity contribution in [1.29, 1.82) is 0 Å². The van der Waals surface area contributed by atoms with E-state index in [0.717, 1.165) is 0 Å². The van der Waals surface area contributed by atoms with E-state index in [1.54, 1.807) is 39.8 Å². The summed E-state index contributed by atoms with van der Waals surface area (Å²) < 4.78 is 0. The molecule has 0 heterocycles. The molecule has 4 unspecified atom stereocenters. The summed E-state index contributed by atoms with van der Waals surface area (Å²) in [5, 5.41) is 26.5. The van der Waals surface area contributed by atoms with Crippen molar-refractivity contribution in [2.75, 3.05) is 5.75 Å². The normalized spacial score (nSPS) is 14.8. The number of carboxylic acids is 1. The number of phenolic OH excluding ortho intramolecular Hbond substituents is 1. The molecule has 0 bridgehead atoms. The number of benzene rings is 1. The highest BCUT2D eigenvalue weighted by atomic mass is 32.1. The smallest absolute Gasteiger partial charge is 0.326 e. The van der Waals surface area contributed by atoms with Crippen LogP contribution >= 0.6 is 12.6 Å². The molecule has 184 valence electrons. The van der Waals surface area contributed by atoms with Gasteiger partial charge in [0, 0.05) is 12.2 Å². The Morgan fingerprint density at radius 2 is 1.42 bits per heavy atom. The Bertz CT molecular complexity index is 831. The monoisotopic (exact) mass is 482 g/mol. The molecule has 4 atom stereocenters. The van der Waals surface area contributed by atoms with E-state index in [4.69, 9.17) is 5.73 Å². The summed E-state index contributed by atoms with van der Waals surface area (Å²) in [5.41, 5.74) is 6.42. The number of carboxylic acid groups (broad SMARTS) is 1. The Labute approximate surface area is 199 Å². The summed E-state index contributed by atoms with van der Waals surface area (Å²) in [7, 11) is 0. The number of carbonyl (C=O) groups excluding carboxylic acids is 3. The van der Waals surface area contributed by atoms with Gasteiger partial charge in [0.1, 0.15) is 23.9 Å². The number of amides is 3. The third kappa shape index (κ3) is 8.93. The van der Waals surface area contributed by atoms with Gasteiger partial charge in [-0.25, -0.2) is 4.79 Å². The molecular formula is C22H34N4O6S. The third-order valence-corrected chi connectivity index (χ3v) is 5.44. The van der Waals surface area contributed by atoms with E-state index in [-0.39, 0.29) is 29.8 Å². The topological polar surface area (TPSA) is 171 Å². The summed E-state index contributed by atoms with van der Waals surface area (Å²) in [5.74, 6) is -3.54. The average Bonchev–Trinajstić information content (AvgIpc) is 2.75. The van der Waals surface area contributed by atoms with Crippen LogP contribution in [-0.4, -0.2) is 63.8 Å². The van der Waals surface area contributed by atoms with Crippen molar-refractivity contribution in [3.8, 4) is 5.75 Å². The fourth-order valence-corrected chi connectivity index (χ4v) is 3.14. The highest BCUT2D eigenvalue weighted by Crippen LogP contribution is 2.12. The van der Waals surface area contributed by atoms with Gasteiger partial charge in [-0.15, -0.1) is 0 Å². The van der Waals surface area contributed by atoms with E-state index < -0.39 is 47.9 Å². The van der Waals surface area contributed by atoms with Crippen LogP contribution < -0.4 is 21.7 Å². The van der Waals surface area contributed by atoms with Gasteiger partial charge in [-0.2, -0.15) is 12.6 Å². The van der Waals surface area contributed by atoms with Crippen LogP contribution in [0.4, 0.5) is 0 Å². The summed E-state index contributed by atoms with van der Waals surface area (Å²) in [6.45, 7) is 6.94. The standard InChI is InChI=1S/C22H34N4O6S/c1-11(2)17(23)20(29)25-16(10-33)19(28)26-18(12(3)4)21(30)24-15(22(31)32)9-13-5-7-14(27)8-6-13/h5-8,11-12,15-18,27,33H,9-10,23H2,1-4H3,(H,24,30)(H,25,29)(H,26,28)(H,31,32). The van der Waals surface area contributed by atoms with Gasteiger partial charge in [-0.3, -0.25) is 14.4 Å². The fraction of sp³-hybridized carbons (Fsp3) is 0.545. The quantitative estimate of drug-likeness (QED) is 0.206. The number of nitrogens with one attached hydrogen (secondary N) is 3. The van der Waals surface area contributed by atoms with Crippen LogP contribution in [0, 0.1) is 11.8 Å². The first kappa shape index (κ1) is 28.2. The number of phenols is 1. The van der Waals surface area contributed by atoms with Crippen LogP contribution in [0.5, 0.6) is 5.75 Å². The second-order valence-corrected chi connectivity index (χ2v) is 8.88. The van der Waals surface area contributed by atoms with Crippen LogP contribution in [0.3, 0.4) is 0 Å². The maximum absolute atomic E-state index is 12.9. The van der Waals surface area contributed by atoms with Gasteiger partial charge in [0.25, 0.3) is 0 Å². The molecule has 3 amide bonds. The van der Waals surface area contributed by atoms with Crippen molar-refractivity contribution >= 4 is 36.3 Å². The molecule has 0 aliphatic carbocycles. The molecule has 0 saturated carbocycles. The van der Waals surface area contributed by atoms with Gasteiger partial charge in [0.05, 0.1) is 6.04 Å². The summed E-state index contributed by atoms with van der Waals surface area (Å²) in [6, 6.07) is 1.84. The molecule has 0 aliphatic rings. The number of nitrogens with two attached hydrogens (primary N) is 1. The predicted octanol–water partition coefficient (Wildman–Crippen LogP) is 0.0428. The van der Waals surface area contributed by atoms with Gasteiger partial charge in [0.15, 0.2) is 0 Å². The fourth-order valence-electron chi connectivity index (χ4n) is 2.88. The SMILES string of the molecule is CC(C)C(N)C(=O)NC(CS)C(=O)NC(C(=O)NC(Cc1ccc(O)cc1)C(=O)O)C(C)C. The number of carbonyl (C=O) groups is 4. The molecule has 1 aromatic rings. The molecule has 0 spiro atoms. The Morgan fingerprint density at radius 1 is 0.879 bits per heavy atom. The van der Waals surface area contributed by atoms with E-state index in [1.807, 2.05) is 0 Å². The van der Waals surface area contributed by atoms with E-state index in [2.05, 4.69) is 28.6 Å². The van der Waals surface area contributed by atoms with Crippen LogP contribution in [0.15, 0.2) is 24.3 Å². The minimum atomic E-state index is -1.25. The molecule has 7 N–H and O–H groups in total. The van der Waals surface area contributed by atoms with E-state index in [1.165, 1.54) is 12.1 Å². The zero-order valence-electron chi connectivity index (χ0n) is 19.2. The number of thiol groups is 1. The van der Waals surface area contributed by atoms with Gasteiger partial charge in [0.2, 0.25) is 17.7 Å². The van der Waals surface area contributed by atoms with Crippen LogP contribution in [0.25, 0.3) is 0 Å². The Hall–Kier alpha value is -2.79. The number of aromatic hydroxyl groups is 1. The van der Waals surface area contributed by atoms with Gasteiger partial charge < -0.3 is 31.9 Å². The highest BCUT2D eigenvalue weighted by molar-refractivity contribution is 7.80. The lowest BCUT2D eigenvalue weighted by Crippen LogP contribution is -2.59. The molecular weight excluding hydrogens is 448 g/mol. The van der Waals surface area contributed by atoms with Crippen LogP contribution in [0.2, 0.25) is 0 Å². The highest BCUT2D eigenvalue weighted by Gasteiger charge is 2.31. The molecule has 1 rings (SSSR count). The minimum Gasteiger partial charge on any atom is -0.508 e. The lowest BCUT2D eigenvalue weighted by molar-refractivity contribution is -0.142. The summed E-state index contributed by atoms with van der Waals surface area (Å²) in [4.78, 5) is 49.5. The molecule has 0 aliphatic heterocycles. The maximum Gasteiger partial charge on any atom is 0.326 e. The molecule has 1 aromatic carbocycles.